The molecule has 0 aliphatic heterocycles. The summed E-state index contributed by atoms with van der Waals surface area (Å²) in [6.45, 7) is 0. The minimum Gasteiger partial charge on any atom is -0.456 e. The van der Waals surface area contributed by atoms with Gasteiger partial charge in [-0.2, -0.15) is 9.97 Å². The first-order valence-corrected chi connectivity index (χ1v) is 18.1. The van der Waals surface area contributed by atoms with Crippen molar-refractivity contribution < 1.29 is 4.42 Å². The molecular formula is C49H30N4O. The first kappa shape index (κ1) is 30.3. The number of hydrogen-bond acceptors (Lipinski definition) is 4. The van der Waals surface area contributed by atoms with Gasteiger partial charge in [0.1, 0.15) is 11.2 Å². The Balaban J connectivity index is 1.16. The first-order valence-electron chi connectivity index (χ1n) is 18.1. The molecule has 0 saturated heterocycles. The Morgan fingerprint density at radius 3 is 1.78 bits per heavy atom. The van der Waals surface area contributed by atoms with Gasteiger partial charge < -0.3 is 4.42 Å². The van der Waals surface area contributed by atoms with Crippen LogP contribution in [0.3, 0.4) is 0 Å². The highest BCUT2D eigenvalue weighted by atomic mass is 16.3. The molecule has 5 heteroatoms. The fourth-order valence-corrected chi connectivity index (χ4v) is 7.93. The summed E-state index contributed by atoms with van der Waals surface area (Å²) in [6, 6.07) is 63.3. The van der Waals surface area contributed by atoms with Gasteiger partial charge in [0.05, 0.1) is 11.0 Å². The minimum atomic E-state index is 0.561. The molecule has 0 unspecified atom stereocenters. The highest BCUT2D eigenvalue weighted by molar-refractivity contribution is 6.20. The summed E-state index contributed by atoms with van der Waals surface area (Å²) in [4.78, 5) is 15.5. The number of hydrogen-bond donors (Lipinski definition) is 0. The zero-order valence-electron chi connectivity index (χ0n) is 29.0. The molecular weight excluding hydrogens is 661 g/mol. The van der Waals surface area contributed by atoms with Gasteiger partial charge in [0, 0.05) is 38.2 Å². The van der Waals surface area contributed by atoms with Crippen LogP contribution in [0.5, 0.6) is 0 Å². The molecule has 8 aromatic carbocycles. The van der Waals surface area contributed by atoms with E-state index in [-0.39, 0.29) is 0 Å². The van der Waals surface area contributed by atoms with Crippen LogP contribution < -0.4 is 0 Å². The van der Waals surface area contributed by atoms with Gasteiger partial charge in [-0.25, -0.2) is 4.98 Å². The van der Waals surface area contributed by atoms with E-state index in [1.54, 1.807) is 0 Å². The van der Waals surface area contributed by atoms with Gasteiger partial charge in [-0.05, 0) is 51.7 Å². The number of furan rings is 1. The predicted octanol–water partition coefficient (Wildman–Crippen LogP) is 12.7. The molecule has 5 nitrogen and oxygen atoms in total. The maximum atomic E-state index is 6.39. The van der Waals surface area contributed by atoms with Crippen molar-refractivity contribution in [3.05, 3.63) is 182 Å². The molecule has 0 amide bonds. The van der Waals surface area contributed by atoms with Crippen LogP contribution in [0.15, 0.2) is 186 Å². The number of rotatable bonds is 5. The van der Waals surface area contributed by atoms with Crippen LogP contribution in [0.25, 0.3) is 105 Å². The smallest absolute Gasteiger partial charge is 0.238 e. The highest BCUT2D eigenvalue weighted by Crippen LogP contribution is 2.41. The van der Waals surface area contributed by atoms with E-state index < -0.39 is 0 Å². The van der Waals surface area contributed by atoms with Crippen LogP contribution in [0.2, 0.25) is 0 Å². The largest absolute Gasteiger partial charge is 0.456 e. The first-order chi connectivity index (χ1) is 26.8. The second kappa shape index (κ2) is 12.1. The third-order valence-electron chi connectivity index (χ3n) is 10.5. The number of aromatic nitrogens is 4. The van der Waals surface area contributed by atoms with E-state index in [1.807, 2.05) is 36.4 Å². The molecule has 11 rings (SSSR count). The van der Waals surface area contributed by atoms with Gasteiger partial charge in [-0.15, -0.1) is 0 Å². The highest BCUT2D eigenvalue weighted by Gasteiger charge is 2.21. The van der Waals surface area contributed by atoms with Gasteiger partial charge in [0.2, 0.25) is 5.95 Å². The Labute approximate surface area is 310 Å². The van der Waals surface area contributed by atoms with Crippen molar-refractivity contribution in [1.29, 1.82) is 0 Å². The molecule has 0 fully saturated rings. The quantitative estimate of drug-likeness (QED) is 0.180. The lowest BCUT2D eigenvalue weighted by atomic mass is 9.98. The summed E-state index contributed by atoms with van der Waals surface area (Å²) >= 11 is 0. The molecule has 0 saturated carbocycles. The summed E-state index contributed by atoms with van der Waals surface area (Å²) in [5.41, 5.74) is 10.1. The SMILES string of the molecule is c1ccc(-c2ccc(-c3nc(-c4ccccc4)nc(-n4c5ccccc5c5cccc(-c6ccc7oc8ccc9ccccc9c8c7c6)c54)n3)cc2)cc1. The standard InChI is InChI=1S/C49H30N4O/c1-3-12-31(13-4-1)32-22-24-35(25-23-32)48-50-47(34-15-5-2-6-16-34)51-49(52-48)53-42-21-10-9-18-39(42)40-20-11-19-38(46(40)53)36-27-28-43-41(30-36)45-37-17-8-7-14-33(37)26-29-44(45)54-43/h1-30H. The third-order valence-corrected chi connectivity index (χ3v) is 10.5. The number of fused-ring (bicyclic) bond motifs is 8. The maximum Gasteiger partial charge on any atom is 0.238 e. The maximum absolute atomic E-state index is 6.39. The summed E-state index contributed by atoms with van der Waals surface area (Å²) in [5, 5.41) is 6.85. The van der Waals surface area contributed by atoms with E-state index in [0.29, 0.717) is 17.6 Å². The Morgan fingerprint density at radius 2 is 0.981 bits per heavy atom. The molecule has 0 aliphatic carbocycles. The molecule has 0 radical (unpaired) electrons. The normalized spacial score (nSPS) is 11.7. The summed E-state index contributed by atoms with van der Waals surface area (Å²) in [7, 11) is 0. The van der Waals surface area contributed by atoms with Gasteiger partial charge in [-0.1, -0.05) is 158 Å². The lowest BCUT2D eigenvalue weighted by Gasteiger charge is -2.13. The molecule has 0 bridgehead atoms. The van der Waals surface area contributed by atoms with E-state index in [4.69, 9.17) is 19.4 Å². The molecule has 11 aromatic rings. The fraction of sp³-hybridized carbons (Fsp3) is 0. The van der Waals surface area contributed by atoms with Gasteiger partial charge in [0.25, 0.3) is 0 Å². The van der Waals surface area contributed by atoms with Crippen molar-refractivity contribution in [1.82, 2.24) is 19.5 Å². The Hall–Kier alpha value is -7.37. The molecule has 3 aromatic heterocycles. The average Bonchev–Trinajstić information content (AvgIpc) is 3.80. The molecule has 3 heterocycles. The van der Waals surface area contributed by atoms with E-state index in [2.05, 4.69) is 150 Å². The predicted molar refractivity (Wildman–Crippen MR) is 221 cm³/mol. The van der Waals surface area contributed by atoms with Gasteiger partial charge in [0.15, 0.2) is 11.6 Å². The van der Waals surface area contributed by atoms with Crippen LogP contribution in [-0.2, 0) is 0 Å². The van der Waals surface area contributed by atoms with Crippen molar-refractivity contribution >= 4 is 54.5 Å². The lowest BCUT2D eigenvalue weighted by Crippen LogP contribution is -2.07. The van der Waals surface area contributed by atoms with Crippen molar-refractivity contribution in [3.63, 3.8) is 0 Å². The second-order valence-electron chi connectivity index (χ2n) is 13.6. The summed E-state index contributed by atoms with van der Waals surface area (Å²) in [6.07, 6.45) is 0. The molecule has 0 aliphatic rings. The fourth-order valence-electron chi connectivity index (χ4n) is 7.93. The van der Waals surface area contributed by atoms with E-state index >= 15 is 0 Å². The molecule has 0 atom stereocenters. The Bertz CT molecular complexity index is 3200. The average molecular weight is 691 g/mol. The van der Waals surface area contributed by atoms with Crippen LogP contribution in [0.4, 0.5) is 0 Å². The molecule has 252 valence electrons. The summed E-state index contributed by atoms with van der Waals surface area (Å²) in [5.74, 6) is 1.79. The molecule has 0 N–H and O–H groups in total. The topological polar surface area (TPSA) is 56.7 Å². The van der Waals surface area contributed by atoms with E-state index in [0.717, 1.165) is 77.1 Å². The Kier molecular flexibility index (Phi) is 6.79. The van der Waals surface area contributed by atoms with E-state index in [1.165, 1.54) is 10.8 Å². The second-order valence-corrected chi connectivity index (χ2v) is 13.6. The van der Waals surface area contributed by atoms with Crippen LogP contribution in [0, 0.1) is 0 Å². The van der Waals surface area contributed by atoms with Crippen LogP contribution in [-0.4, -0.2) is 19.5 Å². The zero-order chi connectivity index (χ0) is 35.6. The van der Waals surface area contributed by atoms with Crippen LogP contribution >= 0.6 is 0 Å². The van der Waals surface area contributed by atoms with Gasteiger partial charge >= 0.3 is 0 Å². The van der Waals surface area contributed by atoms with Crippen molar-refractivity contribution in [2.45, 2.75) is 0 Å². The van der Waals surface area contributed by atoms with Crippen molar-refractivity contribution in [2.24, 2.45) is 0 Å². The number of benzene rings is 8. The van der Waals surface area contributed by atoms with Gasteiger partial charge in [-0.3, -0.25) is 4.57 Å². The van der Waals surface area contributed by atoms with Crippen molar-refractivity contribution in [2.75, 3.05) is 0 Å². The lowest BCUT2D eigenvalue weighted by molar-refractivity contribution is 0.669. The zero-order valence-corrected chi connectivity index (χ0v) is 29.0. The van der Waals surface area contributed by atoms with E-state index in [9.17, 15) is 0 Å². The monoisotopic (exact) mass is 690 g/mol. The third kappa shape index (κ3) is 4.83. The Morgan fingerprint density at radius 1 is 0.389 bits per heavy atom. The minimum absolute atomic E-state index is 0.561. The molecule has 0 spiro atoms. The number of nitrogens with zero attached hydrogens (tertiary/aromatic N) is 4. The van der Waals surface area contributed by atoms with Crippen molar-refractivity contribution in [3.8, 4) is 51.0 Å². The summed E-state index contributed by atoms with van der Waals surface area (Å²) < 4.78 is 8.60. The van der Waals surface area contributed by atoms with Crippen LogP contribution in [0.1, 0.15) is 0 Å². The molecule has 54 heavy (non-hydrogen) atoms. The number of para-hydroxylation sites is 2.